The molecule has 4 aromatic rings. The van der Waals surface area contributed by atoms with E-state index < -0.39 is 0 Å². The van der Waals surface area contributed by atoms with E-state index in [1.54, 1.807) is 7.11 Å². The highest BCUT2D eigenvalue weighted by Crippen LogP contribution is 2.32. The summed E-state index contributed by atoms with van der Waals surface area (Å²) in [6.45, 7) is 4.12. The molecule has 4 nitrogen and oxygen atoms in total. The Morgan fingerprint density at radius 3 is 2.57 bits per heavy atom. The van der Waals surface area contributed by atoms with Crippen molar-refractivity contribution in [3.05, 3.63) is 59.9 Å². The lowest BCUT2D eigenvalue weighted by molar-refractivity contribution is 0.419. The Kier molecular flexibility index (Phi) is 3.05. The van der Waals surface area contributed by atoms with Gasteiger partial charge in [0.2, 0.25) is 0 Å². The fourth-order valence-corrected chi connectivity index (χ4v) is 3.07. The van der Waals surface area contributed by atoms with Crippen LogP contribution in [0.3, 0.4) is 0 Å². The summed E-state index contributed by atoms with van der Waals surface area (Å²) >= 11 is 0. The Morgan fingerprint density at radius 2 is 1.78 bits per heavy atom. The first-order chi connectivity index (χ1) is 11.2. The van der Waals surface area contributed by atoms with Gasteiger partial charge in [0.15, 0.2) is 0 Å². The van der Waals surface area contributed by atoms with Crippen LogP contribution in [0.4, 0.5) is 0 Å². The summed E-state index contributed by atoms with van der Waals surface area (Å²) in [5, 5.41) is 6.87. The number of ether oxygens (including phenoxy) is 1. The van der Waals surface area contributed by atoms with E-state index in [0.717, 1.165) is 38.9 Å². The number of aromatic nitrogens is 3. The van der Waals surface area contributed by atoms with Crippen molar-refractivity contribution >= 4 is 21.8 Å². The molecular formula is C19H17N3O. The number of methoxy groups -OCH3 is 1. The Balaban J connectivity index is 2.18. The van der Waals surface area contributed by atoms with Crippen molar-refractivity contribution in [2.24, 2.45) is 0 Å². The highest BCUT2D eigenvalue weighted by Gasteiger charge is 2.15. The number of nitrogens with zero attached hydrogens (tertiary/aromatic N) is 3. The fourth-order valence-electron chi connectivity index (χ4n) is 3.07. The monoisotopic (exact) mass is 303 g/mol. The minimum Gasteiger partial charge on any atom is -0.494 e. The third-order valence-electron chi connectivity index (χ3n) is 4.25. The molecule has 0 spiro atoms. The second-order valence-corrected chi connectivity index (χ2v) is 5.66. The summed E-state index contributed by atoms with van der Waals surface area (Å²) in [7, 11) is 1.67. The SMILES string of the molecule is COc1cccc2c1ncc1c(C)nn(-c3ccccc3C)c12. The Labute approximate surface area is 134 Å². The average Bonchev–Trinajstić information content (AvgIpc) is 2.92. The molecule has 0 N–H and O–H groups in total. The van der Waals surface area contributed by atoms with Gasteiger partial charge in [0, 0.05) is 17.0 Å². The van der Waals surface area contributed by atoms with Crippen molar-refractivity contribution in [1.29, 1.82) is 0 Å². The highest BCUT2D eigenvalue weighted by atomic mass is 16.5. The third kappa shape index (κ3) is 1.99. The first-order valence-electron chi connectivity index (χ1n) is 7.58. The molecule has 0 radical (unpaired) electrons. The number of pyridine rings is 1. The molecule has 4 rings (SSSR count). The zero-order chi connectivity index (χ0) is 16.0. The number of fused-ring (bicyclic) bond motifs is 3. The minimum absolute atomic E-state index is 0.777. The fraction of sp³-hybridized carbons (Fsp3) is 0.158. The molecule has 0 saturated heterocycles. The van der Waals surface area contributed by atoms with Gasteiger partial charge in [-0.25, -0.2) is 4.68 Å². The van der Waals surface area contributed by atoms with Crippen molar-refractivity contribution < 1.29 is 4.74 Å². The molecule has 4 heteroatoms. The molecule has 0 atom stereocenters. The van der Waals surface area contributed by atoms with Crippen LogP contribution in [0.1, 0.15) is 11.3 Å². The summed E-state index contributed by atoms with van der Waals surface area (Å²) in [5.41, 5.74) is 5.17. The predicted octanol–water partition coefficient (Wildman–Crippen LogP) is 4.20. The quantitative estimate of drug-likeness (QED) is 0.557. The zero-order valence-corrected chi connectivity index (χ0v) is 13.4. The number of rotatable bonds is 2. The molecule has 0 fully saturated rings. The molecule has 2 aromatic heterocycles. The van der Waals surface area contributed by atoms with Gasteiger partial charge in [0.25, 0.3) is 0 Å². The smallest absolute Gasteiger partial charge is 0.145 e. The molecule has 0 bridgehead atoms. The van der Waals surface area contributed by atoms with Crippen LogP contribution in [0, 0.1) is 13.8 Å². The molecule has 0 saturated carbocycles. The van der Waals surface area contributed by atoms with E-state index in [-0.39, 0.29) is 0 Å². The van der Waals surface area contributed by atoms with Gasteiger partial charge in [0.05, 0.1) is 24.0 Å². The van der Waals surface area contributed by atoms with Gasteiger partial charge in [-0.1, -0.05) is 30.3 Å². The average molecular weight is 303 g/mol. The summed E-state index contributed by atoms with van der Waals surface area (Å²) < 4.78 is 7.48. The Bertz CT molecular complexity index is 1030. The number of aryl methyl sites for hydroxylation is 2. The van der Waals surface area contributed by atoms with Crippen molar-refractivity contribution in [3.8, 4) is 11.4 Å². The molecule has 114 valence electrons. The molecule has 0 amide bonds. The van der Waals surface area contributed by atoms with Gasteiger partial charge in [-0.15, -0.1) is 0 Å². The maximum atomic E-state index is 5.46. The van der Waals surface area contributed by atoms with Gasteiger partial charge in [0.1, 0.15) is 11.3 Å². The van der Waals surface area contributed by atoms with Crippen molar-refractivity contribution in [2.75, 3.05) is 7.11 Å². The van der Waals surface area contributed by atoms with Gasteiger partial charge in [-0.3, -0.25) is 4.98 Å². The van der Waals surface area contributed by atoms with Crippen LogP contribution in [0.5, 0.6) is 5.75 Å². The van der Waals surface area contributed by atoms with Crippen LogP contribution in [0.15, 0.2) is 48.7 Å². The summed E-state index contributed by atoms with van der Waals surface area (Å²) in [6, 6.07) is 14.3. The second-order valence-electron chi connectivity index (χ2n) is 5.66. The Hall–Kier alpha value is -2.88. The van der Waals surface area contributed by atoms with Crippen LogP contribution in [0.2, 0.25) is 0 Å². The van der Waals surface area contributed by atoms with Crippen molar-refractivity contribution in [3.63, 3.8) is 0 Å². The van der Waals surface area contributed by atoms with Crippen molar-refractivity contribution in [1.82, 2.24) is 14.8 Å². The largest absolute Gasteiger partial charge is 0.494 e. The first kappa shape index (κ1) is 13.8. The first-order valence-corrected chi connectivity index (χ1v) is 7.58. The summed E-state index contributed by atoms with van der Waals surface area (Å²) in [4.78, 5) is 4.59. The molecular weight excluding hydrogens is 286 g/mol. The Morgan fingerprint density at radius 1 is 0.957 bits per heavy atom. The summed E-state index contributed by atoms with van der Waals surface area (Å²) in [5.74, 6) is 0.777. The normalized spacial score (nSPS) is 11.3. The van der Waals surface area contributed by atoms with E-state index >= 15 is 0 Å². The number of hydrogen-bond donors (Lipinski definition) is 0. The van der Waals surface area contributed by atoms with E-state index in [9.17, 15) is 0 Å². The van der Waals surface area contributed by atoms with Gasteiger partial charge in [-0.2, -0.15) is 5.10 Å². The molecule has 0 unspecified atom stereocenters. The lowest BCUT2D eigenvalue weighted by atomic mass is 10.1. The predicted molar refractivity (Wildman–Crippen MR) is 92.4 cm³/mol. The van der Waals surface area contributed by atoms with E-state index in [1.165, 1.54) is 5.56 Å². The second kappa shape index (κ2) is 5.09. The van der Waals surface area contributed by atoms with E-state index in [4.69, 9.17) is 9.84 Å². The lowest BCUT2D eigenvalue weighted by Crippen LogP contribution is -2.00. The molecule has 0 aliphatic carbocycles. The molecule has 0 aliphatic rings. The highest BCUT2D eigenvalue weighted by molar-refractivity contribution is 6.06. The third-order valence-corrected chi connectivity index (χ3v) is 4.25. The topological polar surface area (TPSA) is 39.9 Å². The van der Waals surface area contributed by atoms with E-state index in [0.29, 0.717) is 0 Å². The maximum absolute atomic E-state index is 5.46. The number of benzene rings is 2. The lowest BCUT2D eigenvalue weighted by Gasteiger charge is -2.10. The van der Waals surface area contributed by atoms with Crippen LogP contribution in [-0.4, -0.2) is 21.9 Å². The molecule has 2 aromatic carbocycles. The van der Waals surface area contributed by atoms with E-state index in [2.05, 4.69) is 30.1 Å². The van der Waals surface area contributed by atoms with Gasteiger partial charge in [-0.05, 0) is 31.5 Å². The molecule has 2 heterocycles. The zero-order valence-electron chi connectivity index (χ0n) is 13.4. The summed E-state index contributed by atoms with van der Waals surface area (Å²) in [6.07, 6.45) is 1.89. The van der Waals surface area contributed by atoms with Crippen LogP contribution in [-0.2, 0) is 0 Å². The maximum Gasteiger partial charge on any atom is 0.145 e. The van der Waals surface area contributed by atoms with Crippen LogP contribution in [0.25, 0.3) is 27.5 Å². The number of hydrogen-bond acceptors (Lipinski definition) is 3. The number of para-hydroxylation sites is 2. The van der Waals surface area contributed by atoms with Gasteiger partial charge < -0.3 is 4.74 Å². The van der Waals surface area contributed by atoms with Crippen LogP contribution >= 0.6 is 0 Å². The molecule has 0 aliphatic heterocycles. The van der Waals surface area contributed by atoms with Gasteiger partial charge >= 0.3 is 0 Å². The minimum atomic E-state index is 0.777. The van der Waals surface area contributed by atoms with Crippen LogP contribution < -0.4 is 4.74 Å². The van der Waals surface area contributed by atoms with E-state index in [1.807, 2.05) is 42.1 Å². The van der Waals surface area contributed by atoms with Crippen molar-refractivity contribution in [2.45, 2.75) is 13.8 Å². The molecule has 23 heavy (non-hydrogen) atoms. The standard InChI is InChI=1S/C19H17N3O/c1-12-7-4-5-9-16(12)22-19-14-8-6-10-17(23-3)18(14)20-11-15(19)13(2)21-22/h4-11H,1-3H3.